The number of likely N-dealkylation sites (N-methyl/N-ethyl adjacent to an activating group) is 1. The van der Waals surface area contributed by atoms with Gasteiger partial charge in [-0.25, -0.2) is 0 Å². The summed E-state index contributed by atoms with van der Waals surface area (Å²) in [4.78, 5) is 23.4. The van der Waals surface area contributed by atoms with Gasteiger partial charge < -0.3 is 15.1 Å². The molecule has 9 heteroatoms. The van der Waals surface area contributed by atoms with Gasteiger partial charge in [-0.2, -0.15) is 0 Å². The minimum atomic E-state index is -0.592. The smallest absolute Gasteiger partial charge is 0.277 e. The van der Waals surface area contributed by atoms with Gasteiger partial charge in [0.25, 0.3) is 5.22 Å². The van der Waals surface area contributed by atoms with E-state index in [-0.39, 0.29) is 22.8 Å². The highest BCUT2D eigenvalue weighted by Crippen LogP contribution is 2.24. The number of thioether (sulfide) groups is 1. The Morgan fingerprint density at radius 3 is 2.67 bits per heavy atom. The molecule has 0 spiro atoms. The molecule has 0 fully saturated rings. The summed E-state index contributed by atoms with van der Waals surface area (Å²) in [5.41, 5.74) is 0.744. The SMILES string of the molecule is CCNC(=O)[C@@H](C)NC(=O)CSc1nnc(-c2ccc(Cl)cc2)o1. The lowest BCUT2D eigenvalue weighted by Gasteiger charge is -2.12. The van der Waals surface area contributed by atoms with Crippen LogP contribution >= 0.6 is 23.4 Å². The van der Waals surface area contributed by atoms with Gasteiger partial charge in [-0.1, -0.05) is 23.4 Å². The van der Waals surface area contributed by atoms with Crippen LogP contribution in [0.5, 0.6) is 0 Å². The molecule has 1 aromatic carbocycles. The van der Waals surface area contributed by atoms with E-state index in [0.717, 1.165) is 17.3 Å². The van der Waals surface area contributed by atoms with Gasteiger partial charge >= 0.3 is 0 Å². The van der Waals surface area contributed by atoms with Crippen molar-refractivity contribution >= 4 is 35.2 Å². The number of hydrogen-bond donors (Lipinski definition) is 2. The predicted molar refractivity (Wildman–Crippen MR) is 91.8 cm³/mol. The van der Waals surface area contributed by atoms with E-state index in [1.54, 1.807) is 31.2 Å². The summed E-state index contributed by atoms with van der Waals surface area (Å²) in [7, 11) is 0. The first-order valence-corrected chi connectivity index (χ1v) is 8.65. The van der Waals surface area contributed by atoms with Crippen LogP contribution < -0.4 is 10.6 Å². The van der Waals surface area contributed by atoms with Crippen molar-refractivity contribution in [2.24, 2.45) is 0 Å². The molecule has 0 aliphatic heterocycles. The molecule has 1 heterocycles. The van der Waals surface area contributed by atoms with Gasteiger partial charge in [0.1, 0.15) is 6.04 Å². The number of nitrogens with zero attached hydrogens (tertiary/aromatic N) is 2. The van der Waals surface area contributed by atoms with E-state index in [4.69, 9.17) is 16.0 Å². The minimum absolute atomic E-state index is 0.0754. The lowest BCUT2D eigenvalue weighted by atomic mass is 10.2. The third-order valence-corrected chi connectivity index (χ3v) is 4.02. The van der Waals surface area contributed by atoms with Gasteiger partial charge in [0.15, 0.2) is 0 Å². The van der Waals surface area contributed by atoms with Crippen LogP contribution in [0.15, 0.2) is 33.9 Å². The average molecular weight is 369 g/mol. The zero-order chi connectivity index (χ0) is 17.5. The van der Waals surface area contributed by atoms with Crippen molar-refractivity contribution in [3.05, 3.63) is 29.3 Å². The number of amides is 2. The molecule has 2 rings (SSSR count). The zero-order valence-corrected chi connectivity index (χ0v) is 14.8. The van der Waals surface area contributed by atoms with Crippen LogP contribution in [-0.2, 0) is 9.59 Å². The van der Waals surface area contributed by atoms with Gasteiger partial charge in [-0.3, -0.25) is 9.59 Å². The highest BCUT2D eigenvalue weighted by Gasteiger charge is 2.16. The molecule has 1 atom stereocenters. The number of rotatable bonds is 7. The zero-order valence-electron chi connectivity index (χ0n) is 13.2. The largest absolute Gasteiger partial charge is 0.411 e. The van der Waals surface area contributed by atoms with Gasteiger partial charge in [-0.05, 0) is 38.1 Å². The number of carbonyl (C=O) groups excluding carboxylic acids is 2. The molecular weight excluding hydrogens is 352 g/mol. The number of nitrogens with one attached hydrogen (secondary N) is 2. The van der Waals surface area contributed by atoms with Crippen molar-refractivity contribution in [1.82, 2.24) is 20.8 Å². The summed E-state index contributed by atoms with van der Waals surface area (Å²) in [5.74, 6) is -0.0830. The van der Waals surface area contributed by atoms with E-state index in [2.05, 4.69) is 20.8 Å². The molecule has 2 aromatic rings. The molecule has 24 heavy (non-hydrogen) atoms. The third kappa shape index (κ3) is 5.24. The van der Waals surface area contributed by atoms with E-state index in [0.29, 0.717) is 17.5 Å². The van der Waals surface area contributed by atoms with Gasteiger partial charge in [0.05, 0.1) is 5.75 Å². The van der Waals surface area contributed by atoms with Crippen molar-refractivity contribution in [2.45, 2.75) is 25.1 Å². The Kier molecular flexibility index (Phi) is 6.62. The van der Waals surface area contributed by atoms with Crippen LogP contribution in [0.2, 0.25) is 5.02 Å². The van der Waals surface area contributed by atoms with Crippen LogP contribution in [-0.4, -0.2) is 40.4 Å². The Hall–Kier alpha value is -2.06. The second-order valence-electron chi connectivity index (χ2n) is 4.85. The maximum absolute atomic E-state index is 11.8. The molecule has 0 aliphatic rings. The molecule has 0 saturated heterocycles. The topological polar surface area (TPSA) is 97.1 Å². The monoisotopic (exact) mass is 368 g/mol. The molecule has 7 nitrogen and oxygen atoms in total. The van der Waals surface area contributed by atoms with Crippen LogP contribution in [0, 0.1) is 0 Å². The van der Waals surface area contributed by atoms with Crippen molar-refractivity contribution in [2.75, 3.05) is 12.3 Å². The molecule has 0 radical (unpaired) electrons. The Labute approximate surface area is 148 Å². The maximum Gasteiger partial charge on any atom is 0.277 e. The predicted octanol–water partition coefficient (Wildman–Crippen LogP) is 2.12. The molecule has 1 aromatic heterocycles. The molecule has 0 saturated carbocycles. The van der Waals surface area contributed by atoms with E-state index in [1.807, 2.05) is 6.92 Å². The number of aromatic nitrogens is 2. The first-order valence-electron chi connectivity index (χ1n) is 7.29. The third-order valence-electron chi connectivity index (χ3n) is 2.95. The Balaban J connectivity index is 1.85. The first-order chi connectivity index (χ1) is 11.5. The van der Waals surface area contributed by atoms with E-state index < -0.39 is 6.04 Å². The van der Waals surface area contributed by atoms with E-state index in [1.165, 1.54) is 0 Å². The van der Waals surface area contributed by atoms with Crippen LogP contribution in [0.4, 0.5) is 0 Å². The molecule has 128 valence electrons. The van der Waals surface area contributed by atoms with Gasteiger partial charge in [0, 0.05) is 17.1 Å². The summed E-state index contributed by atoms with van der Waals surface area (Å²) in [6.07, 6.45) is 0. The molecule has 0 bridgehead atoms. The molecule has 0 unspecified atom stereocenters. The van der Waals surface area contributed by atoms with E-state index in [9.17, 15) is 9.59 Å². The number of carbonyl (C=O) groups is 2. The van der Waals surface area contributed by atoms with Crippen molar-refractivity contribution in [1.29, 1.82) is 0 Å². The lowest BCUT2D eigenvalue weighted by Crippen LogP contribution is -2.45. The number of benzene rings is 1. The average Bonchev–Trinajstić information content (AvgIpc) is 3.03. The van der Waals surface area contributed by atoms with Crippen molar-refractivity contribution < 1.29 is 14.0 Å². The van der Waals surface area contributed by atoms with Crippen LogP contribution in [0.25, 0.3) is 11.5 Å². The summed E-state index contributed by atoms with van der Waals surface area (Å²) >= 11 is 6.93. The second kappa shape index (κ2) is 8.70. The minimum Gasteiger partial charge on any atom is -0.411 e. The van der Waals surface area contributed by atoms with E-state index >= 15 is 0 Å². The maximum atomic E-state index is 11.8. The van der Waals surface area contributed by atoms with Crippen LogP contribution in [0.3, 0.4) is 0 Å². The molecule has 0 aliphatic carbocycles. The standard InChI is InChI=1S/C15H17ClN4O3S/c1-3-17-13(22)9(2)18-12(21)8-24-15-20-19-14(23-15)10-4-6-11(16)7-5-10/h4-7,9H,3,8H2,1-2H3,(H,17,22)(H,18,21)/t9-/m1/s1. The highest BCUT2D eigenvalue weighted by atomic mass is 35.5. The van der Waals surface area contributed by atoms with Gasteiger partial charge in [-0.15, -0.1) is 10.2 Å². The summed E-state index contributed by atoms with van der Waals surface area (Å²) in [6.45, 7) is 3.96. The normalized spacial score (nSPS) is 11.8. The fourth-order valence-corrected chi connectivity index (χ4v) is 2.48. The number of hydrogen-bond acceptors (Lipinski definition) is 6. The first kappa shape index (κ1) is 18.3. The summed E-state index contributed by atoms with van der Waals surface area (Å²) in [5, 5.41) is 14.0. The summed E-state index contributed by atoms with van der Waals surface area (Å²) in [6, 6.07) is 6.40. The van der Waals surface area contributed by atoms with Gasteiger partial charge in [0.2, 0.25) is 17.7 Å². The highest BCUT2D eigenvalue weighted by molar-refractivity contribution is 7.99. The van der Waals surface area contributed by atoms with Crippen molar-refractivity contribution in [3.63, 3.8) is 0 Å². The lowest BCUT2D eigenvalue weighted by molar-refractivity contribution is -0.127. The fourth-order valence-electron chi connectivity index (χ4n) is 1.78. The molecule has 2 amide bonds. The van der Waals surface area contributed by atoms with Crippen LogP contribution in [0.1, 0.15) is 13.8 Å². The molecular formula is C15H17ClN4O3S. The second-order valence-corrected chi connectivity index (χ2v) is 6.22. The Morgan fingerprint density at radius 2 is 2.00 bits per heavy atom. The Morgan fingerprint density at radius 1 is 1.29 bits per heavy atom. The summed E-state index contributed by atoms with van der Waals surface area (Å²) < 4.78 is 5.49. The number of halogens is 1. The van der Waals surface area contributed by atoms with Crippen molar-refractivity contribution in [3.8, 4) is 11.5 Å². The fraction of sp³-hybridized carbons (Fsp3) is 0.333. The quantitative estimate of drug-likeness (QED) is 0.726. The Bertz CT molecular complexity index is 705. The molecule has 2 N–H and O–H groups in total.